The van der Waals surface area contributed by atoms with E-state index in [9.17, 15) is 4.79 Å². The second kappa shape index (κ2) is 5.16. The van der Waals surface area contributed by atoms with Gasteiger partial charge in [0.05, 0.1) is 0 Å². The van der Waals surface area contributed by atoms with Gasteiger partial charge in [-0.25, -0.2) is 9.97 Å². The van der Waals surface area contributed by atoms with E-state index >= 15 is 0 Å². The minimum absolute atomic E-state index is 0.00726. The zero-order valence-electron chi connectivity index (χ0n) is 14.0. The van der Waals surface area contributed by atoms with Crippen LogP contribution in [-0.4, -0.2) is 52.0 Å². The van der Waals surface area contributed by atoms with Gasteiger partial charge in [-0.1, -0.05) is 0 Å². The van der Waals surface area contributed by atoms with Gasteiger partial charge in [0.25, 0.3) is 5.91 Å². The molecule has 2 N–H and O–H groups in total. The highest BCUT2D eigenvalue weighted by molar-refractivity contribution is 5.92. The Morgan fingerprint density at radius 3 is 2.65 bits per heavy atom. The van der Waals surface area contributed by atoms with Crippen molar-refractivity contribution < 1.29 is 4.79 Å². The third-order valence-corrected chi connectivity index (χ3v) is 5.75. The fraction of sp³-hybridized carbons (Fsp3) is 0.706. The Labute approximate surface area is 137 Å². The third-order valence-electron chi connectivity index (χ3n) is 5.75. The smallest absolute Gasteiger partial charge is 0.292 e. The molecule has 1 aromatic heterocycles. The van der Waals surface area contributed by atoms with Crippen molar-refractivity contribution in [3.63, 3.8) is 0 Å². The lowest BCUT2D eigenvalue weighted by Gasteiger charge is -2.25. The number of rotatable bonds is 2. The first-order valence-electron chi connectivity index (χ1n) is 8.68. The van der Waals surface area contributed by atoms with Crippen LogP contribution in [0.25, 0.3) is 0 Å². The maximum atomic E-state index is 13.0. The van der Waals surface area contributed by atoms with Gasteiger partial charge in [0, 0.05) is 42.5 Å². The molecule has 3 heterocycles. The number of carbonyl (C=O) groups excluding carboxylic acids is 1. The van der Waals surface area contributed by atoms with Gasteiger partial charge < -0.3 is 15.5 Å². The molecular formula is C17H25N5O. The molecule has 124 valence electrons. The van der Waals surface area contributed by atoms with Crippen LogP contribution < -0.4 is 10.6 Å². The van der Waals surface area contributed by atoms with E-state index in [0.29, 0.717) is 5.82 Å². The molecule has 0 bridgehead atoms. The summed E-state index contributed by atoms with van der Waals surface area (Å²) in [6, 6.07) is 0.192. The number of likely N-dealkylation sites (tertiary alicyclic amines) is 1. The van der Waals surface area contributed by atoms with Crippen LogP contribution in [0, 0.1) is 13.8 Å². The van der Waals surface area contributed by atoms with E-state index in [1.807, 2.05) is 18.7 Å². The van der Waals surface area contributed by atoms with Gasteiger partial charge in [-0.15, -0.1) is 0 Å². The molecule has 1 aromatic rings. The van der Waals surface area contributed by atoms with Crippen molar-refractivity contribution >= 4 is 11.7 Å². The van der Waals surface area contributed by atoms with Gasteiger partial charge in [0.2, 0.25) is 5.82 Å². The van der Waals surface area contributed by atoms with Gasteiger partial charge in [-0.3, -0.25) is 4.79 Å². The van der Waals surface area contributed by atoms with Crippen LogP contribution in [0.5, 0.6) is 0 Å². The van der Waals surface area contributed by atoms with Crippen LogP contribution in [-0.2, 0) is 0 Å². The molecule has 4 rings (SSSR count). The zero-order valence-corrected chi connectivity index (χ0v) is 14.0. The summed E-state index contributed by atoms with van der Waals surface area (Å²) in [6.07, 6.45) is 5.48. The number of hydrogen-bond acceptors (Lipinski definition) is 5. The Bertz CT molecular complexity index is 655. The van der Waals surface area contributed by atoms with E-state index in [4.69, 9.17) is 5.73 Å². The Hall–Kier alpha value is -1.69. The number of carbonyl (C=O) groups is 1. The van der Waals surface area contributed by atoms with Crippen LogP contribution in [0.2, 0.25) is 0 Å². The summed E-state index contributed by atoms with van der Waals surface area (Å²) in [4.78, 5) is 26.3. The predicted molar refractivity (Wildman–Crippen MR) is 88.5 cm³/mol. The Kier molecular flexibility index (Phi) is 3.34. The van der Waals surface area contributed by atoms with Crippen molar-refractivity contribution in [1.82, 2.24) is 14.9 Å². The molecule has 3 aliphatic rings. The zero-order chi connectivity index (χ0) is 16.2. The molecule has 0 unspecified atom stereocenters. The van der Waals surface area contributed by atoms with Crippen molar-refractivity contribution in [2.75, 3.05) is 24.5 Å². The predicted octanol–water partition coefficient (Wildman–Crippen LogP) is 1.40. The monoisotopic (exact) mass is 315 g/mol. The summed E-state index contributed by atoms with van der Waals surface area (Å²) in [5.41, 5.74) is 8.11. The number of hydrogen-bond donors (Lipinski definition) is 1. The lowest BCUT2D eigenvalue weighted by atomic mass is 10.2. The lowest BCUT2D eigenvalue weighted by molar-refractivity contribution is 0.0704. The van der Waals surface area contributed by atoms with Crippen molar-refractivity contribution in [3.05, 3.63) is 17.1 Å². The van der Waals surface area contributed by atoms with E-state index in [-0.39, 0.29) is 17.5 Å². The molecular weight excluding hydrogens is 290 g/mol. The topological polar surface area (TPSA) is 75.4 Å². The van der Waals surface area contributed by atoms with Crippen molar-refractivity contribution in [2.24, 2.45) is 5.73 Å². The molecule has 2 saturated heterocycles. The third kappa shape index (κ3) is 2.40. The van der Waals surface area contributed by atoms with Gasteiger partial charge in [0.1, 0.15) is 5.82 Å². The average Bonchev–Trinajstić information content (AvgIpc) is 2.97. The highest BCUT2D eigenvalue weighted by Gasteiger charge is 2.53. The normalized spacial score (nSPS) is 25.4. The van der Waals surface area contributed by atoms with Gasteiger partial charge >= 0.3 is 0 Å². The summed E-state index contributed by atoms with van der Waals surface area (Å²) in [5, 5.41) is 0. The standard InChI is InChI=1S/C17H25N5O/c1-11-12(2)19-14(20-15(11)21-9-4-13(18)10-21)16(23)22-8-3-5-17(22)6-7-17/h13H,3-10,18H2,1-2H3/t13-/m1/s1. The summed E-state index contributed by atoms with van der Waals surface area (Å²) in [5.74, 6) is 1.25. The molecule has 1 atom stereocenters. The fourth-order valence-corrected chi connectivity index (χ4v) is 4.04. The lowest BCUT2D eigenvalue weighted by Crippen LogP contribution is -2.38. The van der Waals surface area contributed by atoms with Gasteiger partial charge in [-0.05, 0) is 46.0 Å². The second-order valence-electron chi connectivity index (χ2n) is 7.36. The highest BCUT2D eigenvalue weighted by Crippen LogP contribution is 2.49. The van der Waals surface area contributed by atoms with Crippen molar-refractivity contribution in [3.8, 4) is 0 Å². The molecule has 2 aliphatic heterocycles. The summed E-state index contributed by atoms with van der Waals surface area (Å²) < 4.78 is 0. The molecule has 0 radical (unpaired) electrons. The first kappa shape index (κ1) is 14.9. The van der Waals surface area contributed by atoms with E-state index in [0.717, 1.165) is 68.8 Å². The maximum absolute atomic E-state index is 13.0. The minimum Gasteiger partial charge on any atom is -0.355 e. The molecule has 1 spiro atoms. The number of nitrogens with zero attached hydrogens (tertiary/aromatic N) is 4. The number of anilines is 1. The minimum atomic E-state index is 0.00726. The Morgan fingerprint density at radius 2 is 2.00 bits per heavy atom. The molecule has 6 heteroatoms. The first-order chi connectivity index (χ1) is 11.0. The van der Waals surface area contributed by atoms with Crippen molar-refractivity contribution in [2.45, 2.75) is 57.5 Å². The molecule has 1 saturated carbocycles. The molecule has 0 aromatic carbocycles. The maximum Gasteiger partial charge on any atom is 0.292 e. The van der Waals surface area contributed by atoms with E-state index in [1.165, 1.54) is 0 Å². The quantitative estimate of drug-likeness (QED) is 0.893. The van der Waals surface area contributed by atoms with Gasteiger partial charge in [-0.2, -0.15) is 0 Å². The van der Waals surface area contributed by atoms with E-state index in [2.05, 4.69) is 14.9 Å². The number of nitrogens with two attached hydrogens (primary N) is 1. The van der Waals surface area contributed by atoms with E-state index < -0.39 is 0 Å². The number of aromatic nitrogens is 2. The summed E-state index contributed by atoms with van der Waals surface area (Å²) >= 11 is 0. The van der Waals surface area contributed by atoms with Crippen LogP contribution in [0.4, 0.5) is 5.82 Å². The fourth-order valence-electron chi connectivity index (χ4n) is 4.04. The van der Waals surface area contributed by atoms with Crippen LogP contribution in [0.15, 0.2) is 0 Å². The molecule has 6 nitrogen and oxygen atoms in total. The van der Waals surface area contributed by atoms with Gasteiger partial charge in [0.15, 0.2) is 0 Å². The number of amides is 1. The Balaban J connectivity index is 1.66. The molecule has 3 fully saturated rings. The summed E-state index contributed by atoms with van der Waals surface area (Å²) in [6.45, 7) is 6.54. The first-order valence-corrected chi connectivity index (χ1v) is 8.68. The van der Waals surface area contributed by atoms with Crippen LogP contribution >= 0.6 is 0 Å². The average molecular weight is 315 g/mol. The summed E-state index contributed by atoms with van der Waals surface area (Å²) in [7, 11) is 0. The molecule has 1 aliphatic carbocycles. The molecule has 1 amide bonds. The van der Waals surface area contributed by atoms with Crippen LogP contribution in [0.1, 0.15) is 54.0 Å². The number of aryl methyl sites for hydroxylation is 1. The van der Waals surface area contributed by atoms with Crippen molar-refractivity contribution in [1.29, 1.82) is 0 Å². The Morgan fingerprint density at radius 1 is 1.22 bits per heavy atom. The van der Waals surface area contributed by atoms with Crippen LogP contribution in [0.3, 0.4) is 0 Å². The largest absolute Gasteiger partial charge is 0.355 e. The second-order valence-corrected chi connectivity index (χ2v) is 7.36. The SMILES string of the molecule is Cc1nc(C(=O)N2CCCC23CC3)nc(N2CC[C@@H](N)C2)c1C. The highest BCUT2D eigenvalue weighted by atomic mass is 16.2. The van der Waals surface area contributed by atoms with E-state index in [1.54, 1.807) is 0 Å². The molecule has 23 heavy (non-hydrogen) atoms.